The average Bonchev–Trinajstić information content (AvgIpc) is 3.43. The largest absolute Gasteiger partial charge is 0.479 e. The van der Waals surface area contributed by atoms with E-state index >= 15 is 0 Å². The van der Waals surface area contributed by atoms with E-state index in [1.807, 2.05) is 6.20 Å². The molecule has 5 nitrogen and oxygen atoms in total. The van der Waals surface area contributed by atoms with Gasteiger partial charge in [0.05, 0.1) is 37.4 Å². The number of aliphatic imine (C=N–C) groups is 1. The Balaban J connectivity index is 1.83. The van der Waals surface area contributed by atoms with Gasteiger partial charge >= 0.3 is 0 Å². The fourth-order valence-corrected chi connectivity index (χ4v) is 3.01. The summed E-state index contributed by atoms with van der Waals surface area (Å²) in [6.45, 7) is 6.31. The van der Waals surface area contributed by atoms with E-state index in [0.29, 0.717) is 25.0 Å². The number of nitrogens with zero attached hydrogens (tertiary/aromatic N) is 2. The Hall–Kier alpha value is -1.88. The van der Waals surface area contributed by atoms with Gasteiger partial charge in [0.15, 0.2) is 5.88 Å². The first-order valence-electron chi connectivity index (χ1n) is 9.40. The number of hydrogen-bond acceptors (Lipinski definition) is 5. The molecule has 0 bridgehead atoms. The second-order valence-corrected chi connectivity index (χ2v) is 6.98. The smallest absolute Gasteiger partial charge is 0.189 e. The van der Waals surface area contributed by atoms with Gasteiger partial charge in [-0.1, -0.05) is 13.3 Å². The lowest BCUT2D eigenvalue weighted by molar-refractivity contribution is 0.148. The molecule has 0 atom stereocenters. The van der Waals surface area contributed by atoms with Crippen molar-refractivity contribution < 1.29 is 9.47 Å². The molecule has 0 spiro atoms. The van der Waals surface area contributed by atoms with Crippen LogP contribution >= 0.6 is 0 Å². The molecule has 136 valence electrons. The summed E-state index contributed by atoms with van der Waals surface area (Å²) in [6.07, 6.45) is 7.96. The molecule has 2 fully saturated rings. The van der Waals surface area contributed by atoms with Gasteiger partial charge in [-0.15, -0.1) is 0 Å². The van der Waals surface area contributed by atoms with Crippen LogP contribution in [0.1, 0.15) is 50.3 Å². The first kappa shape index (κ1) is 17.9. The van der Waals surface area contributed by atoms with Gasteiger partial charge in [-0.25, -0.2) is 0 Å². The van der Waals surface area contributed by atoms with Gasteiger partial charge in [0.2, 0.25) is 0 Å². The lowest BCUT2D eigenvalue weighted by atomic mass is 10.1. The molecule has 5 heteroatoms. The van der Waals surface area contributed by atoms with Crippen LogP contribution in [-0.2, 0) is 15.9 Å². The zero-order chi connectivity index (χ0) is 17.6. The van der Waals surface area contributed by atoms with Crippen molar-refractivity contribution in [2.75, 3.05) is 19.8 Å². The highest BCUT2D eigenvalue weighted by Crippen LogP contribution is 2.30. The van der Waals surface area contributed by atoms with Crippen molar-refractivity contribution in [3.05, 3.63) is 35.0 Å². The molecule has 1 aliphatic heterocycles. The molecular weight excluding hydrogens is 314 g/mol. The third-order valence-corrected chi connectivity index (χ3v) is 4.72. The van der Waals surface area contributed by atoms with Crippen molar-refractivity contribution >= 4 is 11.4 Å². The summed E-state index contributed by atoms with van der Waals surface area (Å²) in [4.78, 5) is 9.42. The van der Waals surface area contributed by atoms with E-state index in [1.165, 1.54) is 18.4 Å². The van der Waals surface area contributed by atoms with Crippen LogP contribution in [0.4, 0.5) is 5.69 Å². The maximum Gasteiger partial charge on any atom is 0.189 e. The first-order valence-corrected chi connectivity index (χ1v) is 9.40. The van der Waals surface area contributed by atoms with Crippen molar-refractivity contribution in [2.45, 2.75) is 52.4 Å². The molecule has 1 saturated heterocycles. The third kappa shape index (κ3) is 5.05. The van der Waals surface area contributed by atoms with Crippen LogP contribution < -0.4 is 5.73 Å². The molecule has 2 aliphatic rings. The summed E-state index contributed by atoms with van der Waals surface area (Å²) in [7, 11) is 0. The van der Waals surface area contributed by atoms with Crippen molar-refractivity contribution in [3.8, 4) is 0 Å². The number of aryl methyl sites for hydroxylation is 2. The Bertz CT molecular complexity index is 663. The summed E-state index contributed by atoms with van der Waals surface area (Å²) < 4.78 is 11.4. The van der Waals surface area contributed by atoms with Crippen molar-refractivity contribution in [1.29, 1.82) is 0 Å². The van der Waals surface area contributed by atoms with Crippen LogP contribution in [0.2, 0.25) is 0 Å². The van der Waals surface area contributed by atoms with E-state index in [4.69, 9.17) is 20.2 Å². The standard InChI is InChI=1S/C20H29N3O2/c1-3-4-18-14(2)11-16(12-22-18)23-19-8-10-24-9-7-17(19)20(21)25-13-15-5-6-15/h11-12,15H,3-10,13,21H2,1-2H3. The lowest BCUT2D eigenvalue weighted by Gasteiger charge is -2.13. The van der Waals surface area contributed by atoms with Crippen LogP contribution in [0, 0.1) is 12.8 Å². The van der Waals surface area contributed by atoms with Crippen LogP contribution in [0.5, 0.6) is 0 Å². The van der Waals surface area contributed by atoms with E-state index < -0.39 is 0 Å². The average molecular weight is 343 g/mol. The molecule has 2 heterocycles. The number of aromatic nitrogens is 1. The Morgan fingerprint density at radius 3 is 2.88 bits per heavy atom. The predicted octanol–water partition coefficient (Wildman–Crippen LogP) is 3.82. The zero-order valence-electron chi connectivity index (χ0n) is 15.4. The molecule has 0 radical (unpaired) electrons. The summed E-state index contributed by atoms with van der Waals surface area (Å²) in [5.41, 5.74) is 11.4. The Labute approximate surface area is 150 Å². The highest BCUT2D eigenvalue weighted by molar-refractivity contribution is 6.02. The van der Waals surface area contributed by atoms with Gasteiger partial charge in [-0.3, -0.25) is 9.98 Å². The normalized spacial score (nSPS) is 21.9. The monoisotopic (exact) mass is 343 g/mol. The van der Waals surface area contributed by atoms with E-state index in [-0.39, 0.29) is 0 Å². The molecule has 3 rings (SSSR count). The Morgan fingerprint density at radius 1 is 1.36 bits per heavy atom. The van der Waals surface area contributed by atoms with Gasteiger partial charge in [0.25, 0.3) is 0 Å². The SMILES string of the molecule is CCCc1ncc(N=C2CCOCCC2=C(N)OCC2CC2)cc1C. The second-order valence-electron chi connectivity index (χ2n) is 6.98. The Kier molecular flexibility index (Phi) is 6.08. The number of pyridine rings is 1. The molecule has 25 heavy (non-hydrogen) atoms. The number of hydrogen-bond donors (Lipinski definition) is 1. The van der Waals surface area contributed by atoms with Gasteiger partial charge in [0.1, 0.15) is 0 Å². The van der Waals surface area contributed by atoms with Gasteiger partial charge in [0, 0.05) is 24.1 Å². The molecule has 0 unspecified atom stereocenters. The summed E-state index contributed by atoms with van der Waals surface area (Å²) >= 11 is 0. The van der Waals surface area contributed by atoms with Crippen molar-refractivity contribution in [1.82, 2.24) is 4.98 Å². The van der Waals surface area contributed by atoms with E-state index in [0.717, 1.165) is 55.0 Å². The third-order valence-electron chi connectivity index (χ3n) is 4.72. The minimum Gasteiger partial charge on any atom is -0.479 e. The van der Waals surface area contributed by atoms with Gasteiger partial charge < -0.3 is 15.2 Å². The molecule has 0 amide bonds. The van der Waals surface area contributed by atoms with E-state index in [2.05, 4.69) is 24.9 Å². The van der Waals surface area contributed by atoms with Crippen LogP contribution in [0.25, 0.3) is 0 Å². The van der Waals surface area contributed by atoms with Crippen LogP contribution in [-0.4, -0.2) is 30.5 Å². The number of rotatable bonds is 6. The first-order chi connectivity index (χ1) is 12.2. The summed E-state index contributed by atoms with van der Waals surface area (Å²) in [5.74, 6) is 1.20. The van der Waals surface area contributed by atoms with E-state index in [9.17, 15) is 0 Å². The summed E-state index contributed by atoms with van der Waals surface area (Å²) in [6, 6.07) is 2.11. The van der Waals surface area contributed by atoms with Crippen molar-refractivity contribution in [3.63, 3.8) is 0 Å². The van der Waals surface area contributed by atoms with Gasteiger partial charge in [-0.05, 0) is 43.7 Å². The molecule has 1 aromatic rings. The molecule has 0 aromatic carbocycles. The lowest BCUT2D eigenvalue weighted by Crippen LogP contribution is -2.15. The fourth-order valence-electron chi connectivity index (χ4n) is 3.01. The summed E-state index contributed by atoms with van der Waals surface area (Å²) in [5, 5.41) is 0. The Morgan fingerprint density at radius 2 is 2.16 bits per heavy atom. The molecular formula is C20H29N3O2. The van der Waals surface area contributed by atoms with Crippen molar-refractivity contribution in [2.24, 2.45) is 16.6 Å². The van der Waals surface area contributed by atoms with Gasteiger partial charge in [-0.2, -0.15) is 0 Å². The highest BCUT2D eigenvalue weighted by atomic mass is 16.5. The maximum atomic E-state index is 6.24. The molecule has 1 saturated carbocycles. The predicted molar refractivity (Wildman–Crippen MR) is 100 cm³/mol. The van der Waals surface area contributed by atoms with Crippen LogP contribution in [0.3, 0.4) is 0 Å². The molecule has 2 N–H and O–H groups in total. The minimum atomic E-state index is 0.517. The molecule has 1 aromatic heterocycles. The number of ether oxygens (including phenoxy) is 2. The molecule has 1 aliphatic carbocycles. The van der Waals surface area contributed by atoms with E-state index in [1.54, 1.807) is 0 Å². The minimum absolute atomic E-state index is 0.517. The zero-order valence-corrected chi connectivity index (χ0v) is 15.4. The maximum absolute atomic E-state index is 6.24. The fraction of sp³-hybridized carbons (Fsp3) is 0.600. The second kappa shape index (κ2) is 8.48. The van der Waals surface area contributed by atoms with Crippen LogP contribution in [0.15, 0.2) is 28.7 Å². The highest BCUT2D eigenvalue weighted by Gasteiger charge is 2.23. The number of nitrogens with two attached hydrogens (primary N) is 1. The quantitative estimate of drug-likeness (QED) is 0.797. The topological polar surface area (TPSA) is 69.7 Å².